The van der Waals surface area contributed by atoms with Crippen LogP contribution in [0.25, 0.3) is 17.1 Å². The van der Waals surface area contributed by atoms with E-state index < -0.39 is 0 Å². The molecule has 0 aliphatic carbocycles. The molecule has 0 atom stereocenters. The second kappa shape index (κ2) is 14.3. The summed E-state index contributed by atoms with van der Waals surface area (Å²) in [5.41, 5.74) is 3.41. The van der Waals surface area contributed by atoms with E-state index in [1.165, 1.54) is 49.9 Å². The van der Waals surface area contributed by atoms with Crippen molar-refractivity contribution >= 4 is 23.0 Å². The molecule has 0 spiro atoms. The zero-order valence-electron chi connectivity index (χ0n) is 20.1. The van der Waals surface area contributed by atoms with Crippen LogP contribution in [0.4, 0.5) is 0 Å². The van der Waals surface area contributed by atoms with Gasteiger partial charge in [-0.3, -0.25) is 4.79 Å². The number of aromatic nitrogens is 2. The average Bonchev–Trinajstić information content (AvgIpc) is 3.20. The molecule has 0 aliphatic rings. The molecule has 3 rings (SSSR count). The summed E-state index contributed by atoms with van der Waals surface area (Å²) in [7, 11) is 0. The third-order valence-electron chi connectivity index (χ3n) is 6.07. The molecule has 0 fully saturated rings. The molecule has 1 amide bonds. The van der Waals surface area contributed by atoms with Gasteiger partial charge in [0.05, 0.1) is 11.0 Å². The second-order valence-corrected chi connectivity index (χ2v) is 8.78. The number of aryl methyl sites for hydroxylation is 2. The lowest BCUT2D eigenvalue weighted by Gasteiger charge is -2.09. The minimum Gasteiger partial charge on any atom is -0.353 e. The van der Waals surface area contributed by atoms with Crippen LogP contribution in [-0.4, -0.2) is 22.0 Å². The molecule has 3 aromatic rings. The fourth-order valence-corrected chi connectivity index (χ4v) is 4.21. The number of carbonyl (C=O) groups is 1. The quantitative estimate of drug-likeness (QED) is 0.203. The number of fused-ring (bicyclic) bond motifs is 1. The summed E-state index contributed by atoms with van der Waals surface area (Å²) in [6, 6.07) is 18.4. The van der Waals surface area contributed by atoms with E-state index in [4.69, 9.17) is 4.98 Å². The van der Waals surface area contributed by atoms with Crippen molar-refractivity contribution in [2.24, 2.45) is 0 Å². The van der Waals surface area contributed by atoms with E-state index in [1.54, 1.807) is 6.08 Å². The molecule has 0 radical (unpaired) electrons. The molecule has 0 saturated heterocycles. The van der Waals surface area contributed by atoms with Crippen LogP contribution in [0.15, 0.2) is 60.7 Å². The summed E-state index contributed by atoms with van der Waals surface area (Å²) in [6.45, 7) is 4.04. The fraction of sp³-hybridized carbons (Fsp3) is 0.448. The minimum atomic E-state index is -0.0282. The molecular weight excluding hydrogens is 406 g/mol. The Hall–Kier alpha value is -2.88. The van der Waals surface area contributed by atoms with Gasteiger partial charge in [-0.25, -0.2) is 4.98 Å². The van der Waals surface area contributed by atoms with E-state index in [0.717, 1.165) is 43.3 Å². The third-order valence-corrected chi connectivity index (χ3v) is 6.07. The highest BCUT2D eigenvalue weighted by molar-refractivity contribution is 5.91. The van der Waals surface area contributed by atoms with Crippen LogP contribution in [0.2, 0.25) is 0 Å². The van der Waals surface area contributed by atoms with Crippen LogP contribution in [0, 0.1) is 0 Å². The van der Waals surface area contributed by atoms with Gasteiger partial charge in [-0.15, -0.1) is 0 Å². The number of unbranched alkanes of at least 4 members (excludes halogenated alkanes) is 7. The summed E-state index contributed by atoms with van der Waals surface area (Å²) in [5.74, 6) is 1.18. The Labute approximate surface area is 199 Å². The van der Waals surface area contributed by atoms with Crippen LogP contribution in [0.1, 0.15) is 76.1 Å². The zero-order chi connectivity index (χ0) is 23.1. The number of carbonyl (C=O) groups excluding carboxylic acids is 1. The van der Waals surface area contributed by atoms with Crippen molar-refractivity contribution < 1.29 is 4.79 Å². The van der Waals surface area contributed by atoms with Crippen molar-refractivity contribution in [3.63, 3.8) is 0 Å². The van der Waals surface area contributed by atoms with Gasteiger partial charge < -0.3 is 9.88 Å². The van der Waals surface area contributed by atoms with Gasteiger partial charge in [0, 0.05) is 25.6 Å². The Morgan fingerprint density at radius 1 is 0.879 bits per heavy atom. The number of benzene rings is 2. The highest BCUT2D eigenvalue weighted by Crippen LogP contribution is 2.19. The highest BCUT2D eigenvalue weighted by Gasteiger charge is 2.10. The minimum absolute atomic E-state index is 0.0282. The van der Waals surface area contributed by atoms with E-state index in [-0.39, 0.29) is 5.91 Å². The Bertz CT molecular complexity index is 991. The molecule has 1 aromatic heterocycles. The van der Waals surface area contributed by atoms with Crippen LogP contribution < -0.4 is 5.32 Å². The number of rotatable bonds is 15. The van der Waals surface area contributed by atoms with Gasteiger partial charge in [0.1, 0.15) is 5.82 Å². The summed E-state index contributed by atoms with van der Waals surface area (Å²) >= 11 is 0. The number of imidazole rings is 1. The first-order valence-corrected chi connectivity index (χ1v) is 12.7. The van der Waals surface area contributed by atoms with Crippen LogP contribution in [0.5, 0.6) is 0 Å². The zero-order valence-corrected chi connectivity index (χ0v) is 20.1. The van der Waals surface area contributed by atoms with Gasteiger partial charge in [0.15, 0.2) is 0 Å². The van der Waals surface area contributed by atoms with Crippen molar-refractivity contribution in [2.45, 2.75) is 77.7 Å². The van der Waals surface area contributed by atoms with Gasteiger partial charge in [-0.1, -0.05) is 87.9 Å². The molecule has 4 heteroatoms. The number of para-hydroxylation sites is 2. The standard InChI is InChI=1S/C29H39N3O/c1-2-3-4-5-6-15-24-32-27-19-13-12-18-26(27)31-28(32)20-11-8-14-23-30-29(33)22-21-25-16-9-7-10-17-25/h7,9-10,12-13,16-19,21-22H,2-6,8,11,14-15,20,23-24H2,1H3,(H,30,33)/b22-21+. The Kier molecular flexibility index (Phi) is 10.7. The maximum absolute atomic E-state index is 12.0. The highest BCUT2D eigenvalue weighted by atomic mass is 16.1. The SMILES string of the molecule is CCCCCCCCn1c(CCCCCNC(=O)/C=C/c2ccccc2)nc2ccccc21. The van der Waals surface area contributed by atoms with Gasteiger partial charge >= 0.3 is 0 Å². The monoisotopic (exact) mass is 445 g/mol. The van der Waals surface area contributed by atoms with E-state index >= 15 is 0 Å². The predicted octanol–water partition coefficient (Wildman–Crippen LogP) is 6.94. The topological polar surface area (TPSA) is 46.9 Å². The normalized spacial score (nSPS) is 11.4. The molecule has 0 unspecified atom stereocenters. The lowest BCUT2D eigenvalue weighted by Crippen LogP contribution is -2.22. The molecular formula is C29H39N3O. The molecule has 2 aromatic carbocycles. The fourth-order valence-electron chi connectivity index (χ4n) is 4.21. The van der Waals surface area contributed by atoms with Gasteiger partial charge in [0.25, 0.3) is 0 Å². The molecule has 0 bridgehead atoms. The van der Waals surface area contributed by atoms with E-state index in [9.17, 15) is 4.79 Å². The van der Waals surface area contributed by atoms with Crippen LogP contribution in [-0.2, 0) is 17.8 Å². The lowest BCUT2D eigenvalue weighted by molar-refractivity contribution is -0.116. The first kappa shape index (κ1) is 24.8. The molecule has 0 aliphatic heterocycles. The Balaban J connectivity index is 1.39. The summed E-state index contributed by atoms with van der Waals surface area (Å²) < 4.78 is 2.44. The molecule has 4 nitrogen and oxygen atoms in total. The van der Waals surface area contributed by atoms with Crippen molar-refractivity contribution in [1.29, 1.82) is 0 Å². The molecule has 176 valence electrons. The Morgan fingerprint density at radius 3 is 2.45 bits per heavy atom. The summed E-state index contributed by atoms with van der Waals surface area (Å²) in [6.07, 6.45) is 15.5. The van der Waals surface area contributed by atoms with Gasteiger partial charge in [-0.2, -0.15) is 0 Å². The number of amides is 1. The third kappa shape index (κ3) is 8.53. The van der Waals surface area contributed by atoms with Crippen LogP contribution >= 0.6 is 0 Å². The molecule has 1 N–H and O–H groups in total. The molecule has 33 heavy (non-hydrogen) atoms. The maximum atomic E-state index is 12.0. The lowest BCUT2D eigenvalue weighted by atomic mass is 10.1. The smallest absolute Gasteiger partial charge is 0.243 e. The van der Waals surface area contributed by atoms with Crippen molar-refractivity contribution in [1.82, 2.24) is 14.9 Å². The summed E-state index contributed by atoms with van der Waals surface area (Å²) in [5, 5.41) is 2.99. The van der Waals surface area contributed by atoms with Crippen molar-refractivity contribution in [3.05, 3.63) is 72.1 Å². The van der Waals surface area contributed by atoms with Gasteiger partial charge in [-0.05, 0) is 43.0 Å². The number of hydrogen-bond donors (Lipinski definition) is 1. The first-order chi connectivity index (χ1) is 16.3. The van der Waals surface area contributed by atoms with Crippen molar-refractivity contribution in [3.8, 4) is 0 Å². The summed E-state index contributed by atoms with van der Waals surface area (Å²) in [4.78, 5) is 16.9. The largest absolute Gasteiger partial charge is 0.353 e. The molecule has 0 saturated carbocycles. The Morgan fingerprint density at radius 2 is 1.61 bits per heavy atom. The first-order valence-electron chi connectivity index (χ1n) is 12.7. The van der Waals surface area contributed by atoms with E-state index in [0.29, 0.717) is 6.54 Å². The number of nitrogens with one attached hydrogen (secondary N) is 1. The van der Waals surface area contributed by atoms with Crippen molar-refractivity contribution in [2.75, 3.05) is 6.54 Å². The second-order valence-electron chi connectivity index (χ2n) is 8.78. The maximum Gasteiger partial charge on any atom is 0.243 e. The molecule has 1 heterocycles. The van der Waals surface area contributed by atoms with Crippen LogP contribution in [0.3, 0.4) is 0 Å². The number of hydrogen-bond acceptors (Lipinski definition) is 2. The van der Waals surface area contributed by atoms with E-state index in [1.807, 2.05) is 36.4 Å². The number of nitrogens with zero attached hydrogens (tertiary/aromatic N) is 2. The van der Waals surface area contributed by atoms with Gasteiger partial charge in [0.2, 0.25) is 5.91 Å². The van der Waals surface area contributed by atoms with E-state index in [2.05, 4.69) is 41.1 Å². The predicted molar refractivity (Wildman–Crippen MR) is 139 cm³/mol. The average molecular weight is 446 g/mol.